The van der Waals surface area contributed by atoms with E-state index >= 15 is 0 Å². The standard InChI is InChI=1S/C18H27NO7S/c1-11(2)15(21)19-7-8-23-13(20)10-24-18(5)16(3)9-12-14(25-16)17(18,4)26-27(12,6)22/h12,14H,1,6-10H2,2-5H3,(H,19,21). The fourth-order valence-electron chi connectivity index (χ4n) is 4.28. The molecule has 3 fully saturated rings. The first kappa shape index (κ1) is 20.3. The van der Waals surface area contributed by atoms with Gasteiger partial charge in [0.2, 0.25) is 5.91 Å². The first-order valence-electron chi connectivity index (χ1n) is 8.84. The highest BCUT2D eigenvalue weighted by Gasteiger charge is 2.80. The average Bonchev–Trinajstić information content (AvgIpc) is 3.07. The lowest BCUT2D eigenvalue weighted by Crippen LogP contribution is -2.64. The van der Waals surface area contributed by atoms with Crippen LogP contribution in [0.1, 0.15) is 34.1 Å². The van der Waals surface area contributed by atoms with Gasteiger partial charge in [-0.3, -0.25) is 8.98 Å². The fourth-order valence-corrected chi connectivity index (χ4v) is 6.51. The summed E-state index contributed by atoms with van der Waals surface area (Å²) in [6.45, 7) is 10.5. The number of amides is 1. The summed E-state index contributed by atoms with van der Waals surface area (Å²) < 4.78 is 35.7. The molecule has 3 saturated heterocycles. The molecule has 0 spiro atoms. The summed E-state index contributed by atoms with van der Waals surface area (Å²) in [6.07, 6.45) is 0.111. The van der Waals surface area contributed by atoms with Crippen LogP contribution in [0.25, 0.3) is 0 Å². The number of fused-ring (bicyclic) bond motifs is 1. The lowest BCUT2D eigenvalue weighted by atomic mass is 9.67. The number of carbonyl (C=O) groups excluding carboxylic acids is 2. The highest BCUT2D eigenvalue weighted by atomic mass is 32.2. The molecule has 2 bridgehead atoms. The molecule has 0 aromatic heterocycles. The van der Waals surface area contributed by atoms with E-state index in [-0.39, 0.29) is 37.0 Å². The number of carbonyl (C=O) groups is 2. The number of hydrogen-bond acceptors (Lipinski definition) is 7. The van der Waals surface area contributed by atoms with Gasteiger partial charge in [0, 0.05) is 5.57 Å². The molecular formula is C18H27NO7S. The van der Waals surface area contributed by atoms with E-state index in [9.17, 15) is 13.8 Å². The predicted octanol–water partition coefficient (Wildman–Crippen LogP) is 0.347. The average molecular weight is 401 g/mol. The van der Waals surface area contributed by atoms with E-state index in [0.29, 0.717) is 12.0 Å². The first-order chi connectivity index (χ1) is 12.4. The van der Waals surface area contributed by atoms with Gasteiger partial charge in [0.05, 0.1) is 27.2 Å². The molecule has 1 N–H and O–H groups in total. The van der Waals surface area contributed by atoms with Crippen LogP contribution in [0, 0.1) is 0 Å². The number of nitrogens with one attached hydrogen (secondary N) is 1. The Kier molecular flexibility index (Phi) is 4.74. The van der Waals surface area contributed by atoms with Gasteiger partial charge in [-0.25, -0.2) is 9.00 Å². The maximum absolute atomic E-state index is 12.7. The van der Waals surface area contributed by atoms with Crippen molar-refractivity contribution in [2.75, 3.05) is 19.8 Å². The Morgan fingerprint density at radius 2 is 2.00 bits per heavy atom. The van der Waals surface area contributed by atoms with Crippen molar-refractivity contribution in [1.29, 1.82) is 0 Å². The van der Waals surface area contributed by atoms with Crippen molar-refractivity contribution in [3.8, 4) is 0 Å². The number of hydrogen-bond donors (Lipinski definition) is 1. The Hall–Kier alpha value is -1.42. The van der Waals surface area contributed by atoms with Gasteiger partial charge in [-0.1, -0.05) is 6.58 Å². The summed E-state index contributed by atoms with van der Waals surface area (Å²) in [6, 6.07) is 0. The van der Waals surface area contributed by atoms with Gasteiger partial charge in [0.15, 0.2) is 0 Å². The van der Waals surface area contributed by atoms with Crippen molar-refractivity contribution >= 4 is 27.5 Å². The molecule has 0 aromatic carbocycles. The van der Waals surface area contributed by atoms with Crippen LogP contribution in [-0.2, 0) is 37.8 Å². The molecule has 3 rings (SSSR count). The minimum atomic E-state index is -2.74. The van der Waals surface area contributed by atoms with Gasteiger partial charge in [-0.15, -0.1) is 0 Å². The van der Waals surface area contributed by atoms with Gasteiger partial charge < -0.3 is 19.5 Å². The van der Waals surface area contributed by atoms with E-state index in [4.69, 9.17) is 18.4 Å². The molecule has 0 aliphatic carbocycles. The second kappa shape index (κ2) is 6.30. The quantitative estimate of drug-likeness (QED) is 0.284. The van der Waals surface area contributed by atoms with Crippen molar-refractivity contribution in [3.05, 3.63) is 12.2 Å². The molecule has 0 aromatic rings. The summed E-state index contributed by atoms with van der Waals surface area (Å²) >= 11 is 0. The summed E-state index contributed by atoms with van der Waals surface area (Å²) in [7, 11) is -2.74. The lowest BCUT2D eigenvalue weighted by molar-refractivity contribution is -0.189. The molecule has 8 nitrogen and oxygen atoms in total. The third-order valence-electron chi connectivity index (χ3n) is 6.11. The molecule has 3 heterocycles. The van der Waals surface area contributed by atoms with Gasteiger partial charge in [-0.05, 0) is 40.0 Å². The molecule has 27 heavy (non-hydrogen) atoms. The van der Waals surface area contributed by atoms with Crippen LogP contribution in [0.3, 0.4) is 0 Å². The molecule has 1 amide bonds. The van der Waals surface area contributed by atoms with Gasteiger partial charge in [-0.2, -0.15) is 0 Å². The summed E-state index contributed by atoms with van der Waals surface area (Å²) in [4.78, 5) is 23.4. The maximum atomic E-state index is 12.7. The van der Waals surface area contributed by atoms with Crippen molar-refractivity contribution < 1.29 is 32.2 Å². The second-order valence-electron chi connectivity index (χ2n) is 7.94. The zero-order chi connectivity index (χ0) is 20.3. The van der Waals surface area contributed by atoms with E-state index in [1.807, 2.05) is 13.8 Å². The second-order valence-corrected chi connectivity index (χ2v) is 10.0. The normalized spacial score (nSPS) is 44.3. The Balaban J connectivity index is 1.57. The molecule has 3 aliphatic heterocycles. The molecule has 6 atom stereocenters. The molecule has 9 heteroatoms. The van der Waals surface area contributed by atoms with Crippen LogP contribution >= 0.6 is 0 Å². The van der Waals surface area contributed by atoms with Crippen LogP contribution in [0.15, 0.2) is 12.2 Å². The lowest BCUT2D eigenvalue weighted by Gasteiger charge is -2.45. The maximum Gasteiger partial charge on any atom is 0.332 e. The summed E-state index contributed by atoms with van der Waals surface area (Å²) in [5, 5.41) is 2.30. The zero-order valence-electron chi connectivity index (χ0n) is 16.2. The molecule has 3 aliphatic rings. The van der Waals surface area contributed by atoms with E-state index in [0.717, 1.165) is 0 Å². The van der Waals surface area contributed by atoms with E-state index in [1.165, 1.54) is 0 Å². The number of esters is 1. The predicted molar refractivity (Wildman–Crippen MR) is 99.6 cm³/mol. The van der Waals surface area contributed by atoms with E-state index < -0.39 is 32.6 Å². The van der Waals surface area contributed by atoms with E-state index in [1.54, 1.807) is 13.8 Å². The Labute approximate surface area is 159 Å². The Bertz CT molecular complexity index is 794. The van der Waals surface area contributed by atoms with Crippen LogP contribution in [0.2, 0.25) is 0 Å². The van der Waals surface area contributed by atoms with Crippen LogP contribution < -0.4 is 5.32 Å². The minimum absolute atomic E-state index is 0.0247. The van der Waals surface area contributed by atoms with Crippen LogP contribution in [0.4, 0.5) is 0 Å². The fraction of sp³-hybridized carbons (Fsp3) is 0.722. The first-order valence-corrected chi connectivity index (χ1v) is 10.6. The van der Waals surface area contributed by atoms with Crippen molar-refractivity contribution in [1.82, 2.24) is 5.32 Å². The SMILES string of the molecule is C=C(C)C(=O)NCCOC(=O)COC1(C)C2(C)CC3C(O2)C1(C)OS3(=C)=O. The Morgan fingerprint density at radius 3 is 2.63 bits per heavy atom. The van der Waals surface area contributed by atoms with Gasteiger partial charge in [0.25, 0.3) is 0 Å². The largest absolute Gasteiger partial charge is 0.462 e. The minimum Gasteiger partial charge on any atom is -0.462 e. The molecule has 6 unspecified atom stereocenters. The highest BCUT2D eigenvalue weighted by molar-refractivity contribution is 7.96. The Morgan fingerprint density at radius 1 is 1.33 bits per heavy atom. The van der Waals surface area contributed by atoms with Crippen molar-refractivity contribution in [2.24, 2.45) is 0 Å². The summed E-state index contributed by atoms with van der Waals surface area (Å²) in [5.74, 6) is 2.88. The monoisotopic (exact) mass is 401 g/mol. The van der Waals surface area contributed by atoms with Crippen LogP contribution in [-0.4, -0.2) is 69.9 Å². The number of rotatable bonds is 7. The third-order valence-corrected chi connectivity index (χ3v) is 8.07. The summed E-state index contributed by atoms with van der Waals surface area (Å²) in [5.41, 5.74) is -2.29. The van der Waals surface area contributed by atoms with Crippen molar-refractivity contribution in [2.45, 2.75) is 62.3 Å². The van der Waals surface area contributed by atoms with Crippen LogP contribution in [0.5, 0.6) is 0 Å². The molecule has 0 saturated carbocycles. The molecule has 152 valence electrons. The third kappa shape index (κ3) is 2.91. The molecule has 0 radical (unpaired) electrons. The molecular weight excluding hydrogens is 374 g/mol. The topological polar surface area (TPSA) is 100 Å². The highest BCUT2D eigenvalue weighted by Crippen LogP contribution is 2.64. The smallest absolute Gasteiger partial charge is 0.332 e. The van der Waals surface area contributed by atoms with E-state index in [2.05, 4.69) is 17.8 Å². The van der Waals surface area contributed by atoms with Gasteiger partial charge in [0.1, 0.15) is 30.5 Å². The number of ether oxygens (including phenoxy) is 3. The van der Waals surface area contributed by atoms with Gasteiger partial charge >= 0.3 is 5.97 Å². The zero-order valence-corrected chi connectivity index (χ0v) is 17.0. The van der Waals surface area contributed by atoms with Crippen molar-refractivity contribution in [3.63, 3.8) is 0 Å².